The Kier molecular flexibility index (Phi) is 8.90. The molecule has 2 atom stereocenters. The van der Waals surface area contributed by atoms with Gasteiger partial charge < -0.3 is 20.3 Å². The molecule has 9 heteroatoms. The van der Waals surface area contributed by atoms with Crippen LogP contribution in [0.3, 0.4) is 0 Å². The molecule has 1 saturated heterocycles. The first kappa shape index (κ1) is 25.5. The Bertz CT molecular complexity index is 1030. The third kappa shape index (κ3) is 6.71. The predicted octanol–water partition coefficient (Wildman–Crippen LogP) is 3.12. The van der Waals surface area contributed by atoms with Crippen molar-refractivity contribution in [2.75, 3.05) is 32.2 Å². The lowest BCUT2D eigenvalue weighted by molar-refractivity contribution is -0.137. The largest absolute Gasteiger partial charge is 0.496 e. The minimum atomic E-state index is -0.433. The van der Waals surface area contributed by atoms with Gasteiger partial charge in [-0.15, -0.1) is 0 Å². The molecule has 2 aromatic carbocycles. The van der Waals surface area contributed by atoms with Gasteiger partial charge in [-0.2, -0.15) is 0 Å². The van der Waals surface area contributed by atoms with Crippen LogP contribution in [0.5, 0.6) is 5.75 Å². The molecule has 1 aliphatic heterocycles. The lowest BCUT2D eigenvalue weighted by Crippen LogP contribution is -2.44. The van der Waals surface area contributed by atoms with Gasteiger partial charge in [0.2, 0.25) is 17.7 Å². The summed E-state index contributed by atoms with van der Waals surface area (Å²) >= 11 is 6.15. The van der Waals surface area contributed by atoms with Gasteiger partial charge in [0.25, 0.3) is 0 Å². The molecule has 0 aliphatic carbocycles. The summed E-state index contributed by atoms with van der Waals surface area (Å²) in [6, 6.07) is 12.9. The van der Waals surface area contributed by atoms with Crippen LogP contribution in [-0.4, -0.2) is 49.5 Å². The molecule has 3 amide bonds. The molecule has 1 heterocycles. The van der Waals surface area contributed by atoms with Gasteiger partial charge >= 0.3 is 0 Å². The third-order valence-corrected chi connectivity index (χ3v) is 6.06. The Morgan fingerprint density at radius 3 is 2.62 bits per heavy atom. The highest BCUT2D eigenvalue weighted by molar-refractivity contribution is 6.30. The van der Waals surface area contributed by atoms with Crippen LogP contribution in [0.4, 0.5) is 5.69 Å². The van der Waals surface area contributed by atoms with E-state index in [2.05, 4.69) is 16.0 Å². The number of amides is 3. The molecular weight excluding hydrogens is 456 g/mol. The lowest BCUT2D eigenvalue weighted by atomic mass is 9.97. The fraction of sp³-hybridized carbons (Fsp3) is 0.400. The highest BCUT2D eigenvalue weighted by atomic mass is 35.5. The van der Waals surface area contributed by atoms with E-state index in [0.29, 0.717) is 17.2 Å². The van der Waals surface area contributed by atoms with Crippen molar-refractivity contribution in [3.8, 4) is 5.75 Å². The first-order chi connectivity index (χ1) is 16.3. The molecule has 34 heavy (non-hydrogen) atoms. The van der Waals surface area contributed by atoms with Gasteiger partial charge in [-0.3, -0.25) is 19.7 Å². The van der Waals surface area contributed by atoms with E-state index in [4.69, 9.17) is 16.3 Å². The molecule has 0 aromatic heterocycles. The van der Waals surface area contributed by atoms with Crippen molar-refractivity contribution >= 4 is 35.0 Å². The van der Waals surface area contributed by atoms with Crippen molar-refractivity contribution in [2.45, 2.75) is 32.7 Å². The van der Waals surface area contributed by atoms with Crippen LogP contribution in [0.15, 0.2) is 42.5 Å². The molecule has 0 spiro atoms. The Morgan fingerprint density at radius 2 is 1.97 bits per heavy atom. The number of hydrogen-bond donors (Lipinski definition) is 3. The van der Waals surface area contributed by atoms with E-state index >= 15 is 0 Å². The van der Waals surface area contributed by atoms with E-state index in [1.165, 1.54) is 6.92 Å². The minimum absolute atomic E-state index is 0.00703. The van der Waals surface area contributed by atoms with Gasteiger partial charge in [0.1, 0.15) is 12.3 Å². The van der Waals surface area contributed by atoms with Crippen LogP contribution in [0.1, 0.15) is 37.4 Å². The van der Waals surface area contributed by atoms with Crippen molar-refractivity contribution < 1.29 is 19.1 Å². The smallest absolute Gasteiger partial charge is 0.239 e. The lowest BCUT2D eigenvalue weighted by Gasteiger charge is -2.27. The zero-order chi connectivity index (χ0) is 24.7. The van der Waals surface area contributed by atoms with E-state index in [1.807, 2.05) is 31.2 Å². The topological polar surface area (TPSA) is 99.8 Å². The fourth-order valence-electron chi connectivity index (χ4n) is 4.08. The number of ether oxygens (including phenoxy) is 1. The quantitative estimate of drug-likeness (QED) is 0.505. The molecular formula is C25H31ClN4O4. The van der Waals surface area contributed by atoms with Gasteiger partial charge in [0, 0.05) is 30.2 Å². The van der Waals surface area contributed by atoms with Crippen molar-refractivity contribution in [3.63, 3.8) is 0 Å². The number of rotatable bonds is 9. The molecule has 2 aromatic rings. The van der Waals surface area contributed by atoms with Gasteiger partial charge in [0.15, 0.2) is 0 Å². The maximum atomic E-state index is 13.3. The van der Waals surface area contributed by atoms with Gasteiger partial charge in [-0.05, 0) is 54.3 Å². The summed E-state index contributed by atoms with van der Waals surface area (Å²) in [4.78, 5) is 38.4. The van der Waals surface area contributed by atoms with Gasteiger partial charge in [0.05, 0.1) is 19.7 Å². The Morgan fingerprint density at radius 1 is 1.24 bits per heavy atom. The van der Waals surface area contributed by atoms with Crippen LogP contribution in [0.2, 0.25) is 5.02 Å². The first-order valence-electron chi connectivity index (χ1n) is 11.3. The third-order valence-electron chi connectivity index (χ3n) is 5.82. The summed E-state index contributed by atoms with van der Waals surface area (Å²) in [6.07, 6.45) is 1.19. The Labute approximate surface area is 205 Å². The molecule has 182 valence electrons. The van der Waals surface area contributed by atoms with E-state index < -0.39 is 5.92 Å². The van der Waals surface area contributed by atoms with E-state index in [0.717, 1.165) is 23.2 Å². The SMILES string of the molecule is CCC(NCN1CC(=O)NCC(Cc2cc(Cl)ccc2OC)C1=O)c1ccc(NC(C)=O)cc1. The monoisotopic (exact) mass is 486 g/mol. The number of halogens is 1. The van der Waals surface area contributed by atoms with Crippen molar-refractivity contribution in [3.05, 3.63) is 58.6 Å². The number of hydrogen-bond acceptors (Lipinski definition) is 5. The number of carbonyl (C=O) groups is 3. The maximum Gasteiger partial charge on any atom is 0.239 e. The number of nitrogens with one attached hydrogen (secondary N) is 3. The molecule has 0 bridgehead atoms. The summed E-state index contributed by atoms with van der Waals surface area (Å²) in [5.74, 6) is -0.197. The van der Waals surface area contributed by atoms with E-state index in [-0.39, 0.29) is 43.5 Å². The van der Waals surface area contributed by atoms with Crippen LogP contribution in [0.25, 0.3) is 0 Å². The van der Waals surface area contributed by atoms with Gasteiger partial charge in [-0.25, -0.2) is 0 Å². The van der Waals surface area contributed by atoms with Crippen molar-refractivity contribution in [2.24, 2.45) is 5.92 Å². The van der Waals surface area contributed by atoms with Crippen LogP contribution in [0, 0.1) is 5.92 Å². The highest BCUT2D eigenvalue weighted by Gasteiger charge is 2.31. The molecule has 2 unspecified atom stereocenters. The predicted molar refractivity (Wildman–Crippen MR) is 132 cm³/mol. The number of nitrogens with zero attached hydrogens (tertiary/aromatic N) is 1. The first-order valence-corrected chi connectivity index (χ1v) is 11.7. The van der Waals surface area contributed by atoms with Crippen LogP contribution >= 0.6 is 11.6 Å². The highest BCUT2D eigenvalue weighted by Crippen LogP contribution is 2.26. The second kappa shape index (κ2) is 11.9. The molecule has 0 saturated carbocycles. The summed E-state index contributed by atoms with van der Waals surface area (Å²) in [5.41, 5.74) is 2.58. The molecule has 3 rings (SSSR count). The van der Waals surface area contributed by atoms with Crippen molar-refractivity contribution in [1.82, 2.24) is 15.5 Å². The van der Waals surface area contributed by atoms with Crippen molar-refractivity contribution in [1.29, 1.82) is 0 Å². The standard InChI is InChI=1S/C25H31ClN4O4/c1-4-22(17-5-8-21(9-6-17)29-16(2)31)28-15-30-14-24(32)27-13-19(25(30)33)11-18-12-20(26)7-10-23(18)34-3/h5-10,12,19,22,28H,4,11,13-15H2,1-3H3,(H,27,32)(H,29,31). The number of benzene rings is 2. The zero-order valence-corrected chi connectivity index (χ0v) is 20.4. The second-order valence-corrected chi connectivity index (χ2v) is 8.76. The molecule has 8 nitrogen and oxygen atoms in total. The summed E-state index contributed by atoms with van der Waals surface area (Å²) in [5, 5.41) is 9.56. The number of methoxy groups -OCH3 is 1. The average Bonchev–Trinajstić information content (AvgIpc) is 2.94. The van der Waals surface area contributed by atoms with Crippen LogP contribution < -0.4 is 20.7 Å². The second-order valence-electron chi connectivity index (χ2n) is 8.32. The molecule has 0 radical (unpaired) electrons. The molecule has 1 fully saturated rings. The summed E-state index contributed by atoms with van der Waals surface area (Å²) in [7, 11) is 1.58. The Balaban J connectivity index is 1.70. The number of carbonyl (C=O) groups excluding carboxylic acids is 3. The molecule has 1 aliphatic rings. The van der Waals surface area contributed by atoms with Gasteiger partial charge in [-0.1, -0.05) is 30.7 Å². The zero-order valence-electron chi connectivity index (χ0n) is 19.7. The minimum Gasteiger partial charge on any atom is -0.496 e. The number of anilines is 1. The average molecular weight is 487 g/mol. The summed E-state index contributed by atoms with van der Waals surface area (Å²) in [6.45, 7) is 4.00. The fourth-order valence-corrected chi connectivity index (χ4v) is 4.27. The Hall–Kier alpha value is -3.10. The van der Waals surface area contributed by atoms with E-state index in [1.54, 1.807) is 30.2 Å². The maximum absolute atomic E-state index is 13.3. The van der Waals surface area contributed by atoms with E-state index in [9.17, 15) is 14.4 Å². The normalized spacial score (nSPS) is 17.1. The molecule has 3 N–H and O–H groups in total. The summed E-state index contributed by atoms with van der Waals surface area (Å²) < 4.78 is 5.42. The van der Waals surface area contributed by atoms with Crippen LogP contribution in [-0.2, 0) is 20.8 Å².